The Morgan fingerprint density at radius 2 is 1.75 bits per heavy atom. The first-order valence-electron chi connectivity index (χ1n) is 11.6. The van der Waals surface area contributed by atoms with E-state index in [1.807, 2.05) is 12.1 Å². The summed E-state index contributed by atoms with van der Waals surface area (Å²) >= 11 is 1.44. The lowest BCUT2D eigenvalue weighted by Gasteiger charge is -2.28. The van der Waals surface area contributed by atoms with Crippen molar-refractivity contribution in [3.8, 4) is 0 Å². The van der Waals surface area contributed by atoms with Crippen LogP contribution in [0.3, 0.4) is 0 Å². The molecule has 1 amide bonds. The molecule has 32 heavy (non-hydrogen) atoms. The fraction of sp³-hybridized carbons (Fsp3) is 0.609. The summed E-state index contributed by atoms with van der Waals surface area (Å²) in [7, 11) is 0. The van der Waals surface area contributed by atoms with Gasteiger partial charge in [-0.2, -0.15) is 0 Å². The van der Waals surface area contributed by atoms with Crippen LogP contribution in [-0.2, 0) is 16.1 Å². The van der Waals surface area contributed by atoms with Gasteiger partial charge in [-0.25, -0.2) is 0 Å². The van der Waals surface area contributed by atoms with Crippen molar-refractivity contribution in [3.05, 3.63) is 24.3 Å². The molecule has 1 N–H and O–H groups in total. The second-order valence-electron chi connectivity index (χ2n) is 8.82. The number of amides is 1. The molecule has 2 aliphatic heterocycles. The molecule has 2 saturated heterocycles. The third-order valence-corrected chi connectivity index (χ3v) is 6.71. The molecule has 0 radical (unpaired) electrons. The number of benzene rings is 1. The zero-order valence-corrected chi connectivity index (χ0v) is 19.9. The van der Waals surface area contributed by atoms with Gasteiger partial charge in [0.25, 0.3) is 0 Å². The van der Waals surface area contributed by atoms with Crippen molar-refractivity contribution in [3.63, 3.8) is 0 Å². The summed E-state index contributed by atoms with van der Waals surface area (Å²) in [5.74, 6) is 1.59. The van der Waals surface area contributed by atoms with E-state index in [4.69, 9.17) is 4.74 Å². The van der Waals surface area contributed by atoms with Crippen LogP contribution in [0.1, 0.15) is 33.1 Å². The van der Waals surface area contributed by atoms with Crippen LogP contribution in [-0.4, -0.2) is 65.8 Å². The molecule has 8 nitrogen and oxygen atoms in total. The summed E-state index contributed by atoms with van der Waals surface area (Å²) in [6.45, 7) is 10.4. The number of thioether (sulfide) groups is 1. The number of carbonyl (C=O) groups excluding carboxylic acids is 1. The summed E-state index contributed by atoms with van der Waals surface area (Å²) < 4.78 is 7.61. The largest absolute Gasteiger partial charge is 0.378 e. The predicted molar refractivity (Wildman–Crippen MR) is 130 cm³/mol. The van der Waals surface area contributed by atoms with Crippen LogP contribution in [0.4, 0.5) is 17.3 Å². The van der Waals surface area contributed by atoms with E-state index in [9.17, 15) is 4.79 Å². The van der Waals surface area contributed by atoms with Gasteiger partial charge in [-0.1, -0.05) is 25.6 Å². The normalized spacial score (nSPS) is 17.1. The second-order valence-corrected chi connectivity index (χ2v) is 9.76. The van der Waals surface area contributed by atoms with Crippen molar-refractivity contribution in [1.82, 2.24) is 14.8 Å². The minimum atomic E-state index is -0.0345. The van der Waals surface area contributed by atoms with Gasteiger partial charge in [0.2, 0.25) is 11.9 Å². The number of hydrogen-bond donors (Lipinski definition) is 1. The maximum atomic E-state index is 12.6. The van der Waals surface area contributed by atoms with E-state index in [0.717, 1.165) is 49.5 Å². The lowest BCUT2D eigenvalue weighted by Crippen LogP contribution is -2.38. The molecule has 0 atom stereocenters. The highest BCUT2D eigenvalue weighted by Gasteiger charge is 2.21. The molecule has 1 aromatic carbocycles. The average molecular weight is 459 g/mol. The Morgan fingerprint density at radius 1 is 1.03 bits per heavy atom. The maximum Gasteiger partial charge on any atom is 0.234 e. The van der Waals surface area contributed by atoms with E-state index >= 15 is 0 Å². The number of morpholine rings is 1. The summed E-state index contributed by atoms with van der Waals surface area (Å²) in [5.41, 5.74) is 2.06. The van der Waals surface area contributed by atoms with Gasteiger partial charge in [0.1, 0.15) is 0 Å². The molecule has 0 spiro atoms. The summed E-state index contributed by atoms with van der Waals surface area (Å²) in [4.78, 5) is 17.2. The Labute approximate surface area is 194 Å². The minimum Gasteiger partial charge on any atom is -0.378 e. The third-order valence-electron chi connectivity index (χ3n) is 5.74. The van der Waals surface area contributed by atoms with Crippen LogP contribution in [0, 0.1) is 5.92 Å². The van der Waals surface area contributed by atoms with Gasteiger partial charge < -0.3 is 19.9 Å². The molecule has 0 bridgehead atoms. The lowest BCUT2D eigenvalue weighted by atomic mass is 10.1. The highest BCUT2D eigenvalue weighted by molar-refractivity contribution is 7.99. The van der Waals surface area contributed by atoms with Crippen molar-refractivity contribution in [1.29, 1.82) is 0 Å². The number of rotatable bonds is 8. The topological polar surface area (TPSA) is 75.5 Å². The van der Waals surface area contributed by atoms with Crippen LogP contribution < -0.4 is 15.1 Å². The Bertz CT molecular complexity index is 873. The number of nitrogens with zero attached hydrogens (tertiary/aromatic N) is 5. The van der Waals surface area contributed by atoms with E-state index in [2.05, 4.69) is 55.9 Å². The van der Waals surface area contributed by atoms with Gasteiger partial charge in [0.05, 0.1) is 19.0 Å². The summed E-state index contributed by atoms with van der Waals surface area (Å²) in [6.07, 6.45) is 3.83. The number of hydrogen-bond acceptors (Lipinski definition) is 7. The number of nitrogens with one attached hydrogen (secondary N) is 1. The molecule has 2 aliphatic rings. The Kier molecular flexibility index (Phi) is 7.91. The van der Waals surface area contributed by atoms with Crippen molar-refractivity contribution >= 4 is 35.0 Å². The maximum absolute atomic E-state index is 12.6. The molecule has 0 saturated carbocycles. The molecule has 2 fully saturated rings. The Morgan fingerprint density at radius 3 is 2.44 bits per heavy atom. The summed E-state index contributed by atoms with van der Waals surface area (Å²) in [6, 6.07) is 8.18. The molecule has 3 heterocycles. The number of anilines is 3. The van der Waals surface area contributed by atoms with Crippen molar-refractivity contribution in [2.24, 2.45) is 5.92 Å². The van der Waals surface area contributed by atoms with E-state index in [1.54, 1.807) is 0 Å². The first kappa shape index (κ1) is 22.9. The van der Waals surface area contributed by atoms with Crippen LogP contribution in [0.15, 0.2) is 29.4 Å². The third kappa shape index (κ3) is 5.95. The minimum absolute atomic E-state index is 0.0345. The van der Waals surface area contributed by atoms with Crippen molar-refractivity contribution in [2.45, 2.75) is 44.8 Å². The van der Waals surface area contributed by atoms with Crippen molar-refractivity contribution in [2.75, 3.05) is 60.3 Å². The zero-order chi connectivity index (χ0) is 22.3. The predicted octanol–water partition coefficient (Wildman–Crippen LogP) is 3.49. The van der Waals surface area contributed by atoms with Crippen LogP contribution in [0.5, 0.6) is 0 Å². The van der Waals surface area contributed by atoms with Gasteiger partial charge in [-0.3, -0.25) is 9.36 Å². The zero-order valence-electron chi connectivity index (χ0n) is 19.1. The van der Waals surface area contributed by atoms with Gasteiger partial charge in [0, 0.05) is 44.1 Å². The van der Waals surface area contributed by atoms with Gasteiger partial charge in [-0.05, 0) is 49.4 Å². The molecular formula is C23H34N6O2S. The van der Waals surface area contributed by atoms with E-state index in [0.29, 0.717) is 24.9 Å². The lowest BCUT2D eigenvalue weighted by molar-refractivity contribution is -0.113. The fourth-order valence-electron chi connectivity index (χ4n) is 4.14. The SMILES string of the molecule is CC(C)Cn1c(SCC(=O)Nc2ccc(N3CCCCC3)cc2)nnc1N1CCOCC1. The highest BCUT2D eigenvalue weighted by atomic mass is 32.2. The number of carbonyl (C=O) groups is 1. The quantitative estimate of drug-likeness (QED) is 0.607. The molecule has 4 rings (SSSR count). The highest BCUT2D eigenvalue weighted by Crippen LogP contribution is 2.25. The number of piperidine rings is 1. The first-order chi connectivity index (χ1) is 15.6. The molecule has 174 valence electrons. The van der Waals surface area contributed by atoms with E-state index in [-0.39, 0.29) is 5.91 Å². The number of aromatic nitrogens is 3. The smallest absolute Gasteiger partial charge is 0.234 e. The Balaban J connectivity index is 1.34. The van der Waals surface area contributed by atoms with E-state index < -0.39 is 0 Å². The molecule has 0 unspecified atom stereocenters. The second kappa shape index (κ2) is 11.0. The Hall–Kier alpha value is -2.26. The fourth-order valence-corrected chi connectivity index (χ4v) is 4.89. The van der Waals surface area contributed by atoms with Crippen LogP contribution >= 0.6 is 11.8 Å². The van der Waals surface area contributed by atoms with E-state index in [1.165, 1.54) is 36.7 Å². The first-order valence-corrected chi connectivity index (χ1v) is 12.6. The molecule has 0 aliphatic carbocycles. The average Bonchev–Trinajstić information content (AvgIpc) is 3.21. The van der Waals surface area contributed by atoms with Crippen LogP contribution in [0.2, 0.25) is 0 Å². The van der Waals surface area contributed by atoms with Crippen LogP contribution in [0.25, 0.3) is 0 Å². The molecule has 1 aromatic heterocycles. The van der Waals surface area contributed by atoms with Gasteiger partial charge >= 0.3 is 0 Å². The number of ether oxygens (including phenoxy) is 1. The standard InChI is InChI=1S/C23H34N6O2S/c1-18(2)16-29-22(28-12-14-31-15-13-28)25-26-23(29)32-17-21(30)24-19-6-8-20(9-7-19)27-10-4-3-5-11-27/h6-9,18H,3-5,10-17H2,1-2H3,(H,24,30). The monoisotopic (exact) mass is 458 g/mol. The molecule has 9 heteroatoms. The van der Waals surface area contributed by atoms with Crippen molar-refractivity contribution < 1.29 is 9.53 Å². The molecule has 2 aromatic rings. The molecular weight excluding hydrogens is 424 g/mol. The summed E-state index contributed by atoms with van der Waals surface area (Å²) in [5, 5.41) is 12.6. The van der Waals surface area contributed by atoms with Gasteiger partial charge in [0.15, 0.2) is 5.16 Å². The van der Waals surface area contributed by atoms with Gasteiger partial charge in [-0.15, -0.1) is 10.2 Å².